The van der Waals surface area contributed by atoms with Gasteiger partial charge in [-0.05, 0) is 30.3 Å². The Balaban J connectivity index is 1.73. The van der Waals surface area contributed by atoms with Crippen LogP contribution in [0, 0.1) is 0 Å². The number of methoxy groups -OCH3 is 1. The van der Waals surface area contributed by atoms with Crippen molar-refractivity contribution in [2.75, 3.05) is 12.4 Å². The van der Waals surface area contributed by atoms with Gasteiger partial charge in [-0.25, -0.2) is 9.78 Å². The zero-order valence-electron chi connectivity index (χ0n) is 11.7. The van der Waals surface area contributed by atoms with E-state index in [4.69, 9.17) is 0 Å². The van der Waals surface area contributed by atoms with Gasteiger partial charge < -0.3 is 9.72 Å². The van der Waals surface area contributed by atoms with Gasteiger partial charge >= 0.3 is 6.09 Å². The second-order valence-corrected chi connectivity index (χ2v) is 6.64. The Morgan fingerprint density at radius 2 is 1.91 bits per heavy atom. The first-order valence-electron chi connectivity index (χ1n) is 6.49. The van der Waals surface area contributed by atoms with Gasteiger partial charge in [-0.3, -0.25) is 5.32 Å². The second kappa shape index (κ2) is 6.76. The van der Waals surface area contributed by atoms with Crippen molar-refractivity contribution < 1.29 is 9.53 Å². The van der Waals surface area contributed by atoms with Gasteiger partial charge in [0.15, 0.2) is 0 Å². The molecule has 7 heteroatoms. The molecule has 3 rings (SSSR count). The summed E-state index contributed by atoms with van der Waals surface area (Å²) in [6.07, 6.45) is -0.548. The third-order valence-electron chi connectivity index (χ3n) is 2.84. The summed E-state index contributed by atoms with van der Waals surface area (Å²) in [6, 6.07) is 16.1. The average molecular weight is 331 g/mol. The number of amides is 1. The number of nitrogens with one attached hydrogen (secondary N) is 2. The standard InChI is InChI=1S/C15H13N3O2S2/c1-20-15(19)18-14-16-12-8-7-11(9-13(12)17-14)22-21-10-5-3-2-4-6-10/h2-9H,1H3,(H2,16,17,18,19). The van der Waals surface area contributed by atoms with Gasteiger partial charge in [0.05, 0.1) is 18.1 Å². The van der Waals surface area contributed by atoms with Crippen LogP contribution in [0.2, 0.25) is 0 Å². The SMILES string of the molecule is COC(=O)Nc1nc2ccc(SSc3ccccc3)cc2[nH]1. The number of nitrogens with zero attached hydrogens (tertiary/aromatic N) is 1. The van der Waals surface area contributed by atoms with E-state index in [0.717, 1.165) is 15.9 Å². The molecule has 1 heterocycles. The summed E-state index contributed by atoms with van der Waals surface area (Å²) in [5.41, 5.74) is 1.66. The van der Waals surface area contributed by atoms with E-state index in [1.165, 1.54) is 12.0 Å². The quantitative estimate of drug-likeness (QED) is 0.687. The molecule has 0 bridgehead atoms. The number of rotatable bonds is 4. The van der Waals surface area contributed by atoms with Crippen molar-refractivity contribution in [2.24, 2.45) is 0 Å². The van der Waals surface area contributed by atoms with E-state index < -0.39 is 6.09 Å². The highest BCUT2D eigenvalue weighted by molar-refractivity contribution is 8.76. The predicted molar refractivity (Wildman–Crippen MR) is 90.3 cm³/mol. The normalized spacial score (nSPS) is 10.6. The van der Waals surface area contributed by atoms with E-state index in [2.05, 4.69) is 32.2 Å². The zero-order valence-corrected chi connectivity index (χ0v) is 13.3. The van der Waals surface area contributed by atoms with E-state index in [9.17, 15) is 4.79 Å². The molecule has 0 spiro atoms. The number of H-pyrrole nitrogens is 1. The summed E-state index contributed by atoms with van der Waals surface area (Å²) < 4.78 is 4.54. The van der Waals surface area contributed by atoms with Crippen LogP contribution in [-0.2, 0) is 4.74 Å². The smallest absolute Gasteiger partial charge is 0.413 e. The van der Waals surface area contributed by atoms with E-state index in [-0.39, 0.29) is 0 Å². The fourth-order valence-corrected chi connectivity index (χ4v) is 3.79. The van der Waals surface area contributed by atoms with Crippen molar-refractivity contribution in [1.29, 1.82) is 0 Å². The molecule has 0 aliphatic rings. The van der Waals surface area contributed by atoms with Crippen molar-refractivity contribution in [1.82, 2.24) is 9.97 Å². The largest absolute Gasteiger partial charge is 0.453 e. The minimum atomic E-state index is -0.548. The van der Waals surface area contributed by atoms with E-state index in [0.29, 0.717) is 5.95 Å². The number of imidazole rings is 1. The van der Waals surface area contributed by atoms with E-state index in [1.54, 1.807) is 21.6 Å². The minimum absolute atomic E-state index is 0.375. The highest BCUT2D eigenvalue weighted by Crippen LogP contribution is 2.37. The Hall–Kier alpha value is -2.12. The van der Waals surface area contributed by atoms with Crippen LogP contribution < -0.4 is 5.32 Å². The number of anilines is 1. The number of benzene rings is 2. The van der Waals surface area contributed by atoms with Crippen molar-refractivity contribution in [3.8, 4) is 0 Å². The maximum Gasteiger partial charge on any atom is 0.413 e. The maximum absolute atomic E-state index is 11.2. The van der Waals surface area contributed by atoms with Crippen LogP contribution in [0.25, 0.3) is 11.0 Å². The fraction of sp³-hybridized carbons (Fsp3) is 0.0667. The Morgan fingerprint density at radius 1 is 1.14 bits per heavy atom. The number of ether oxygens (including phenoxy) is 1. The predicted octanol–water partition coefficient (Wildman–Crippen LogP) is 4.54. The summed E-state index contributed by atoms with van der Waals surface area (Å²) in [5, 5.41) is 2.52. The van der Waals surface area contributed by atoms with Gasteiger partial charge in [-0.15, -0.1) is 0 Å². The van der Waals surface area contributed by atoms with Crippen LogP contribution >= 0.6 is 21.6 Å². The number of aromatic nitrogens is 2. The molecule has 112 valence electrons. The third kappa shape index (κ3) is 3.55. The molecule has 5 nitrogen and oxygen atoms in total. The zero-order chi connectivity index (χ0) is 15.4. The average Bonchev–Trinajstić information content (AvgIpc) is 2.95. The first kappa shape index (κ1) is 14.8. The maximum atomic E-state index is 11.2. The molecule has 1 amide bonds. The van der Waals surface area contributed by atoms with Crippen LogP contribution in [0.3, 0.4) is 0 Å². The van der Waals surface area contributed by atoms with Crippen molar-refractivity contribution in [2.45, 2.75) is 9.79 Å². The lowest BCUT2D eigenvalue weighted by atomic mass is 10.3. The molecule has 0 saturated carbocycles. The summed E-state index contributed by atoms with van der Waals surface area (Å²) >= 11 is 0. The first-order valence-corrected chi connectivity index (χ1v) is 8.64. The van der Waals surface area contributed by atoms with Gasteiger partial charge in [0.25, 0.3) is 0 Å². The highest BCUT2D eigenvalue weighted by Gasteiger charge is 2.07. The molecule has 2 aromatic carbocycles. The van der Waals surface area contributed by atoms with Gasteiger partial charge in [-0.1, -0.05) is 39.8 Å². The van der Waals surface area contributed by atoms with Gasteiger partial charge in [0, 0.05) is 9.79 Å². The summed E-state index contributed by atoms with van der Waals surface area (Å²) in [5.74, 6) is 0.375. The molecule has 0 fully saturated rings. The number of carbonyl (C=O) groups excluding carboxylic acids is 1. The molecule has 2 N–H and O–H groups in total. The molecular formula is C15H13N3O2S2. The lowest BCUT2D eigenvalue weighted by Crippen LogP contribution is -2.11. The topological polar surface area (TPSA) is 67.0 Å². The number of fused-ring (bicyclic) bond motifs is 1. The molecule has 0 saturated heterocycles. The number of hydrogen-bond donors (Lipinski definition) is 2. The van der Waals surface area contributed by atoms with Crippen LogP contribution in [0.15, 0.2) is 58.3 Å². The van der Waals surface area contributed by atoms with Gasteiger partial charge in [-0.2, -0.15) is 0 Å². The second-order valence-electron chi connectivity index (χ2n) is 4.36. The van der Waals surface area contributed by atoms with Crippen molar-refractivity contribution in [3.63, 3.8) is 0 Å². The van der Waals surface area contributed by atoms with Gasteiger partial charge in [0.1, 0.15) is 0 Å². The van der Waals surface area contributed by atoms with Crippen molar-refractivity contribution >= 4 is 44.7 Å². The molecule has 0 radical (unpaired) electrons. The number of carbonyl (C=O) groups is 1. The van der Waals surface area contributed by atoms with E-state index in [1.807, 2.05) is 36.4 Å². The number of aromatic amines is 1. The Morgan fingerprint density at radius 3 is 2.68 bits per heavy atom. The van der Waals surface area contributed by atoms with Crippen LogP contribution in [0.4, 0.5) is 10.7 Å². The molecular weight excluding hydrogens is 318 g/mol. The molecule has 22 heavy (non-hydrogen) atoms. The molecule has 0 aliphatic heterocycles. The summed E-state index contributed by atoms with van der Waals surface area (Å²) in [7, 11) is 4.68. The Labute approximate surface area is 135 Å². The van der Waals surface area contributed by atoms with Crippen LogP contribution in [0.1, 0.15) is 0 Å². The summed E-state index contributed by atoms with van der Waals surface area (Å²) in [6.45, 7) is 0. The minimum Gasteiger partial charge on any atom is -0.453 e. The summed E-state index contributed by atoms with van der Waals surface area (Å²) in [4.78, 5) is 20.8. The first-order chi connectivity index (χ1) is 10.7. The molecule has 3 aromatic rings. The third-order valence-corrected chi connectivity index (χ3v) is 5.24. The Bertz CT molecular complexity index is 790. The monoisotopic (exact) mass is 331 g/mol. The van der Waals surface area contributed by atoms with Crippen molar-refractivity contribution in [3.05, 3.63) is 48.5 Å². The Kier molecular flexibility index (Phi) is 4.55. The van der Waals surface area contributed by atoms with E-state index >= 15 is 0 Å². The highest BCUT2D eigenvalue weighted by atomic mass is 33.1. The fourth-order valence-electron chi connectivity index (χ4n) is 1.82. The molecule has 0 unspecified atom stereocenters. The lowest BCUT2D eigenvalue weighted by Gasteiger charge is -2.00. The lowest BCUT2D eigenvalue weighted by molar-refractivity contribution is 0.186. The molecule has 0 atom stereocenters. The number of hydrogen-bond acceptors (Lipinski definition) is 5. The van der Waals surface area contributed by atoms with Crippen LogP contribution in [0.5, 0.6) is 0 Å². The van der Waals surface area contributed by atoms with Gasteiger partial charge in [0.2, 0.25) is 5.95 Å². The molecule has 1 aromatic heterocycles. The molecule has 0 aliphatic carbocycles. The van der Waals surface area contributed by atoms with Crippen LogP contribution in [-0.4, -0.2) is 23.2 Å².